The number of carbonyl (C=O) groups excluding carboxylic acids is 2. The van der Waals surface area contributed by atoms with Gasteiger partial charge in [0.25, 0.3) is 5.91 Å². The molecule has 1 unspecified atom stereocenters. The summed E-state index contributed by atoms with van der Waals surface area (Å²) in [6, 6.07) is 25.1. The van der Waals surface area contributed by atoms with E-state index in [1.165, 1.54) is 11.3 Å². The van der Waals surface area contributed by atoms with Crippen LogP contribution in [0.5, 0.6) is 11.5 Å². The number of hydrogen-bond donors (Lipinski definition) is 2. The zero-order chi connectivity index (χ0) is 24.2. The molecule has 0 saturated carbocycles. The van der Waals surface area contributed by atoms with Crippen molar-refractivity contribution < 1.29 is 19.1 Å². The molecule has 2 N–H and O–H groups in total. The van der Waals surface area contributed by atoms with E-state index >= 15 is 0 Å². The van der Waals surface area contributed by atoms with E-state index in [2.05, 4.69) is 10.9 Å². The summed E-state index contributed by atoms with van der Waals surface area (Å²) in [5.41, 5.74) is 8.70. The topological polar surface area (TPSA) is 89.6 Å². The minimum atomic E-state index is -0.864. The Hall–Kier alpha value is -4.17. The summed E-state index contributed by atoms with van der Waals surface area (Å²) in [6.45, 7) is 2.09. The van der Waals surface area contributed by atoms with Gasteiger partial charge in [0, 0.05) is 5.56 Å². The van der Waals surface area contributed by atoms with Crippen LogP contribution < -0.4 is 20.3 Å². The number of hydrogen-bond acceptors (Lipinski definition) is 6. The average molecular weight is 486 g/mol. The van der Waals surface area contributed by atoms with Crippen molar-refractivity contribution in [1.29, 1.82) is 0 Å². The van der Waals surface area contributed by atoms with Crippen molar-refractivity contribution in [3.05, 3.63) is 90.1 Å². The van der Waals surface area contributed by atoms with Crippen molar-refractivity contribution in [2.75, 3.05) is 6.61 Å². The maximum absolute atomic E-state index is 12.7. The number of nitrogens with one attached hydrogen (secondary N) is 2. The second kappa shape index (κ2) is 9.99. The number of carbonyl (C=O) groups is 2. The fourth-order valence-corrected chi connectivity index (χ4v) is 4.76. The number of rotatable bonds is 5. The van der Waals surface area contributed by atoms with Gasteiger partial charge < -0.3 is 9.47 Å². The highest BCUT2D eigenvalue weighted by Crippen LogP contribution is 2.36. The maximum Gasteiger partial charge on any atom is 0.283 e. The van der Waals surface area contributed by atoms with Crippen LogP contribution in [0, 0.1) is 6.92 Å². The zero-order valence-electron chi connectivity index (χ0n) is 19.0. The first-order valence-electron chi connectivity index (χ1n) is 11.2. The molecule has 0 fully saturated rings. The van der Waals surface area contributed by atoms with Crippen LogP contribution in [0.4, 0.5) is 0 Å². The van der Waals surface area contributed by atoms with Crippen molar-refractivity contribution in [3.63, 3.8) is 0 Å². The summed E-state index contributed by atoms with van der Waals surface area (Å²) in [5, 5.41) is 0.833. The van der Waals surface area contributed by atoms with Gasteiger partial charge in [-0.1, -0.05) is 72.3 Å². The molecule has 7 nitrogen and oxygen atoms in total. The number of ether oxygens (including phenoxy) is 2. The molecule has 1 atom stereocenters. The van der Waals surface area contributed by atoms with Crippen LogP contribution in [0.2, 0.25) is 0 Å². The maximum atomic E-state index is 12.7. The van der Waals surface area contributed by atoms with Gasteiger partial charge in [0.05, 0.1) is 17.0 Å². The molecule has 0 aliphatic carbocycles. The van der Waals surface area contributed by atoms with Crippen molar-refractivity contribution in [2.24, 2.45) is 0 Å². The third-order valence-corrected chi connectivity index (χ3v) is 6.68. The van der Waals surface area contributed by atoms with E-state index in [4.69, 9.17) is 14.5 Å². The van der Waals surface area contributed by atoms with Crippen molar-refractivity contribution in [1.82, 2.24) is 15.8 Å². The summed E-state index contributed by atoms with van der Waals surface area (Å²) in [6.07, 6.45) is -0.852. The van der Waals surface area contributed by atoms with Crippen LogP contribution in [0.1, 0.15) is 11.3 Å². The molecule has 1 aliphatic heterocycles. The fraction of sp³-hybridized carbons (Fsp3) is 0.148. The molecule has 1 aromatic heterocycles. The Morgan fingerprint density at radius 1 is 0.914 bits per heavy atom. The van der Waals surface area contributed by atoms with E-state index in [9.17, 15) is 9.59 Å². The monoisotopic (exact) mass is 485 g/mol. The third kappa shape index (κ3) is 5.17. The Labute approximate surface area is 206 Å². The van der Waals surface area contributed by atoms with Gasteiger partial charge in [0.1, 0.15) is 11.6 Å². The molecule has 8 heteroatoms. The molecule has 0 radical (unpaired) electrons. The molecule has 176 valence electrons. The Kier molecular flexibility index (Phi) is 6.45. The molecule has 2 amide bonds. The summed E-state index contributed by atoms with van der Waals surface area (Å²) < 4.78 is 11.3. The van der Waals surface area contributed by atoms with Gasteiger partial charge in [-0.05, 0) is 24.6 Å². The van der Waals surface area contributed by atoms with E-state index in [0.717, 1.165) is 26.6 Å². The molecule has 1 aliphatic rings. The standard InChI is InChI=1S/C27H23N3O4S/c1-17-11-13-18(14-12-17)25-20(28-27(35-25)19-7-3-2-4-8-19)15-24(31)29-30-26(32)23-16-33-21-9-5-6-10-22(21)34-23/h2-14,23H,15-16H2,1H3,(H,29,31)(H,30,32). The number of thiazole rings is 1. The lowest BCUT2D eigenvalue weighted by atomic mass is 10.1. The van der Waals surface area contributed by atoms with Gasteiger partial charge in [-0.2, -0.15) is 0 Å². The molecule has 3 aromatic carbocycles. The number of benzene rings is 3. The third-order valence-electron chi connectivity index (χ3n) is 5.49. The van der Waals surface area contributed by atoms with Crippen molar-refractivity contribution in [2.45, 2.75) is 19.4 Å². The van der Waals surface area contributed by atoms with Gasteiger partial charge in [0.2, 0.25) is 12.0 Å². The summed E-state index contributed by atoms with van der Waals surface area (Å²) >= 11 is 1.54. The van der Waals surface area contributed by atoms with Crippen LogP contribution >= 0.6 is 11.3 Å². The van der Waals surface area contributed by atoms with E-state index in [0.29, 0.717) is 17.2 Å². The van der Waals surface area contributed by atoms with Crippen LogP contribution in [0.3, 0.4) is 0 Å². The number of aromatic nitrogens is 1. The van der Waals surface area contributed by atoms with Crippen molar-refractivity contribution in [3.8, 4) is 32.5 Å². The smallest absolute Gasteiger partial charge is 0.283 e. The molecule has 0 spiro atoms. The van der Waals surface area contributed by atoms with Crippen LogP contribution in [-0.4, -0.2) is 29.5 Å². The first-order chi connectivity index (χ1) is 17.1. The van der Waals surface area contributed by atoms with Crippen LogP contribution in [-0.2, 0) is 16.0 Å². The highest BCUT2D eigenvalue weighted by Gasteiger charge is 2.27. The second-order valence-corrected chi connectivity index (χ2v) is 9.10. The lowest BCUT2D eigenvalue weighted by Crippen LogP contribution is -2.51. The van der Waals surface area contributed by atoms with Crippen LogP contribution in [0.15, 0.2) is 78.9 Å². The summed E-state index contributed by atoms with van der Waals surface area (Å²) in [4.78, 5) is 31.0. The van der Waals surface area contributed by atoms with Crippen molar-refractivity contribution >= 4 is 23.2 Å². The number of amides is 2. The minimum absolute atomic E-state index is 0.0116. The Morgan fingerprint density at radius 3 is 2.40 bits per heavy atom. The molecule has 35 heavy (non-hydrogen) atoms. The zero-order valence-corrected chi connectivity index (χ0v) is 19.8. The van der Waals surface area contributed by atoms with E-state index in [1.54, 1.807) is 18.2 Å². The normalized spacial score (nSPS) is 14.3. The number of para-hydroxylation sites is 2. The Balaban J connectivity index is 1.28. The lowest BCUT2D eigenvalue weighted by molar-refractivity contribution is -0.134. The number of fused-ring (bicyclic) bond motifs is 1. The van der Waals surface area contributed by atoms with E-state index in [1.807, 2.05) is 67.6 Å². The second-order valence-electron chi connectivity index (χ2n) is 8.11. The summed E-state index contributed by atoms with van der Waals surface area (Å²) in [5.74, 6) is 0.203. The lowest BCUT2D eigenvalue weighted by Gasteiger charge is -2.25. The predicted molar refractivity (Wildman–Crippen MR) is 134 cm³/mol. The van der Waals surface area contributed by atoms with Gasteiger partial charge >= 0.3 is 0 Å². The predicted octanol–water partition coefficient (Wildman–Crippen LogP) is 4.32. The SMILES string of the molecule is Cc1ccc(-c2sc(-c3ccccc3)nc2CC(=O)NNC(=O)C2COc3ccccc3O2)cc1. The first-order valence-corrected chi connectivity index (χ1v) is 12.0. The number of nitrogens with zero attached hydrogens (tertiary/aromatic N) is 1. The van der Waals surface area contributed by atoms with Crippen LogP contribution in [0.25, 0.3) is 21.0 Å². The quantitative estimate of drug-likeness (QED) is 0.411. The van der Waals surface area contributed by atoms with Gasteiger partial charge in [-0.15, -0.1) is 11.3 Å². The molecule has 2 heterocycles. The fourth-order valence-electron chi connectivity index (χ4n) is 3.66. The first kappa shape index (κ1) is 22.6. The Morgan fingerprint density at radius 2 is 1.63 bits per heavy atom. The minimum Gasteiger partial charge on any atom is -0.485 e. The van der Waals surface area contributed by atoms with Gasteiger partial charge in [-0.25, -0.2) is 4.98 Å². The molecule has 0 saturated heterocycles. The molecular formula is C27H23N3O4S. The molecule has 0 bridgehead atoms. The highest BCUT2D eigenvalue weighted by molar-refractivity contribution is 7.18. The molecular weight excluding hydrogens is 462 g/mol. The summed E-state index contributed by atoms with van der Waals surface area (Å²) in [7, 11) is 0. The average Bonchev–Trinajstić information content (AvgIpc) is 3.31. The van der Waals surface area contributed by atoms with Gasteiger partial charge in [-0.3, -0.25) is 20.4 Å². The Bertz CT molecular complexity index is 1350. The van der Waals surface area contributed by atoms with E-state index in [-0.39, 0.29) is 18.9 Å². The largest absolute Gasteiger partial charge is 0.485 e. The van der Waals surface area contributed by atoms with E-state index < -0.39 is 12.0 Å². The number of hydrazine groups is 1. The molecule has 4 aromatic rings. The molecule has 5 rings (SSSR count). The number of aryl methyl sites for hydroxylation is 1. The van der Waals surface area contributed by atoms with Gasteiger partial charge in [0.15, 0.2) is 11.5 Å². The highest BCUT2D eigenvalue weighted by atomic mass is 32.1.